The molecule has 124 valence electrons. The second-order valence-electron chi connectivity index (χ2n) is 5.55. The van der Waals surface area contributed by atoms with E-state index in [1.165, 1.54) is 7.11 Å². The Balaban J connectivity index is 2.69. The molecule has 1 fully saturated rings. The lowest BCUT2D eigenvalue weighted by atomic mass is 9.84. The predicted molar refractivity (Wildman–Crippen MR) is 82.2 cm³/mol. The highest BCUT2D eigenvalue weighted by molar-refractivity contribution is 7.89. The average molecular weight is 320 g/mol. The second-order valence-corrected chi connectivity index (χ2v) is 7.59. The lowest BCUT2D eigenvalue weighted by Crippen LogP contribution is -2.48. The second kappa shape index (κ2) is 8.70. The molecule has 0 saturated heterocycles. The molecule has 0 radical (unpaired) electrons. The molecule has 6 nitrogen and oxygen atoms in total. The first-order chi connectivity index (χ1) is 9.96. The Morgan fingerprint density at radius 1 is 1.33 bits per heavy atom. The Morgan fingerprint density at radius 3 is 2.57 bits per heavy atom. The number of carbonyl (C=O) groups is 1. The minimum atomic E-state index is -3.35. The Hall–Kier alpha value is -0.660. The van der Waals surface area contributed by atoms with Crippen LogP contribution in [0.4, 0.5) is 0 Å². The first-order valence-corrected chi connectivity index (χ1v) is 9.33. The van der Waals surface area contributed by atoms with Gasteiger partial charge >= 0.3 is 5.97 Å². The van der Waals surface area contributed by atoms with Crippen molar-refractivity contribution >= 4 is 16.0 Å². The first kappa shape index (κ1) is 18.4. The van der Waals surface area contributed by atoms with E-state index in [0.29, 0.717) is 19.5 Å². The van der Waals surface area contributed by atoms with Gasteiger partial charge in [-0.15, -0.1) is 0 Å². The number of sulfonamides is 1. The summed E-state index contributed by atoms with van der Waals surface area (Å²) in [4.78, 5) is 11.1. The number of carbonyl (C=O) groups excluding carboxylic acids is 1. The molecule has 0 aromatic rings. The van der Waals surface area contributed by atoms with Crippen molar-refractivity contribution in [3.05, 3.63) is 0 Å². The standard InChI is InChI=1S/C14H28N2O4S/c1-3-16(13-8-5-4-7-12(13)11-15)21(18,19)10-6-9-14(17)20-2/h12-13H,3-11,15H2,1-2H3. The summed E-state index contributed by atoms with van der Waals surface area (Å²) in [5.41, 5.74) is 5.80. The van der Waals surface area contributed by atoms with E-state index in [4.69, 9.17) is 5.73 Å². The van der Waals surface area contributed by atoms with Crippen LogP contribution in [0.3, 0.4) is 0 Å². The van der Waals surface area contributed by atoms with Gasteiger partial charge in [-0.05, 0) is 31.7 Å². The van der Waals surface area contributed by atoms with Crippen LogP contribution in [0, 0.1) is 5.92 Å². The first-order valence-electron chi connectivity index (χ1n) is 7.72. The Bertz CT molecular complexity index is 425. The zero-order valence-corrected chi connectivity index (χ0v) is 13.9. The molecule has 0 amide bonds. The van der Waals surface area contributed by atoms with Gasteiger partial charge in [-0.25, -0.2) is 8.42 Å². The van der Waals surface area contributed by atoms with Crippen LogP contribution in [0.1, 0.15) is 45.4 Å². The van der Waals surface area contributed by atoms with Gasteiger partial charge in [0.15, 0.2) is 0 Å². The highest BCUT2D eigenvalue weighted by atomic mass is 32.2. The molecular formula is C14H28N2O4S. The highest BCUT2D eigenvalue weighted by Gasteiger charge is 2.34. The highest BCUT2D eigenvalue weighted by Crippen LogP contribution is 2.29. The van der Waals surface area contributed by atoms with Crippen LogP contribution in [-0.2, 0) is 19.6 Å². The molecular weight excluding hydrogens is 292 g/mol. The maximum Gasteiger partial charge on any atom is 0.305 e. The van der Waals surface area contributed by atoms with Gasteiger partial charge in [0.25, 0.3) is 0 Å². The van der Waals surface area contributed by atoms with E-state index in [1.807, 2.05) is 6.92 Å². The Labute approximate surface area is 128 Å². The molecule has 0 spiro atoms. The van der Waals surface area contributed by atoms with Crippen molar-refractivity contribution in [1.29, 1.82) is 0 Å². The van der Waals surface area contributed by atoms with Crippen molar-refractivity contribution in [3.63, 3.8) is 0 Å². The maximum atomic E-state index is 12.5. The summed E-state index contributed by atoms with van der Waals surface area (Å²) in [6, 6.07) is 0.0110. The normalized spacial score (nSPS) is 23.2. The van der Waals surface area contributed by atoms with E-state index in [-0.39, 0.29) is 30.1 Å². The minimum Gasteiger partial charge on any atom is -0.469 e. The summed E-state index contributed by atoms with van der Waals surface area (Å²) in [7, 11) is -2.04. The van der Waals surface area contributed by atoms with Gasteiger partial charge in [0.2, 0.25) is 10.0 Å². The smallest absolute Gasteiger partial charge is 0.305 e. The van der Waals surface area contributed by atoms with E-state index >= 15 is 0 Å². The number of esters is 1. The molecule has 1 aliphatic carbocycles. The monoisotopic (exact) mass is 320 g/mol. The summed E-state index contributed by atoms with van der Waals surface area (Å²) >= 11 is 0. The lowest BCUT2D eigenvalue weighted by Gasteiger charge is -2.38. The molecule has 0 heterocycles. The van der Waals surface area contributed by atoms with Crippen molar-refractivity contribution in [2.75, 3.05) is 26.0 Å². The van der Waals surface area contributed by atoms with Gasteiger partial charge in [0, 0.05) is 19.0 Å². The lowest BCUT2D eigenvalue weighted by molar-refractivity contribution is -0.140. The van der Waals surface area contributed by atoms with Gasteiger partial charge < -0.3 is 10.5 Å². The van der Waals surface area contributed by atoms with Crippen LogP contribution in [-0.4, -0.2) is 50.7 Å². The van der Waals surface area contributed by atoms with E-state index in [0.717, 1.165) is 25.7 Å². The molecule has 1 rings (SSSR count). The summed E-state index contributed by atoms with van der Waals surface area (Å²) < 4.78 is 31.2. The number of hydrogen-bond acceptors (Lipinski definition) is 5. The zero-order chi connectivity index (χ0) is 15.9. The third kappa shape index (κ3) is 5.23. The number of hydrogen-bond donors (Lipinski definition) is 1. The van der Waals surface area contributed by atoms with Crippen LogP contribution in [0.2, 0.25) is 0 Å². The van der Waals surface area contributed by atoms with Crippen molar-refractivity contribution < 1.29 is 17.9 Å². The number of nitrogens with two attached hydrogens (primary N) is 1. The minimum absolute atomic E-state index is 0.0102. The van der Waals surface area contributed by atoms with E-state index in [2.05, 4.69) is 4.74 Å². The van der Waals surface area contributed by atoms with E-state index < -0.39 is 10.0 Å². The fourth-order valence-corrected chi connectivity index (χ4v) is 4.93. The molecule has 0 aromatic heterocycles. The fourth-order valence-electron chi connectivity index (χ4n) is 3.10. The molecule has 0 aromatic carbocycles. The maximum absolute atomic E-state index is 12.5. The molecule has 1 aliphatic rings. The van der Waals surface area contributed by atoms with Gasteiger partial charge in [0.1, 0.15) is 0 Å². The molecule has 1 saturated carbocycles. The molecule has 2 N–H and O–H groups in total. The van der Waals surface area contributed by atoms with Crippen LogP contribution in [0.5, 0.6) is 0 Å². The summed E-state index contributed by atoms with van der Waals surface area (Å²) in [5.74, 6) is -0.135. The summed E-state index contributed by atoms with van der Waals surface area (Å²) in [6.45, 7) is 2.85. The zero-order valence-electron chi connectivity index (χ0n) is 13.1. The van der Waals surface area contributed by atoms with Crippen LogP contribution >= 0.6 is 0 Å². The topological polar surface area (TPSA) is 89.7 Å². The quantitative estimate of drug-likeness (QED) is 0.677. The SMILES string of the molecule is CCN(C1CCCCC1CN)S(=O)(=O)CCCC(=O)OC. The number of methoxy groups -OCH3 is 1. The van der Waals surface area contributed by atoms with Gasteiger partial charge in [-0.3, -0.25) is 4.79 Å². The molecule has 2 atom stereocenters. The molecule has 21 heavy (non-hydrogen) atoms. The number of ether oxygens (including phenoxy) is 1. The van der Waals surface area contributed by atoms with Gasteiger partial charge in [-0.1, -0.05) is 19.8 Å². The van der Waals surface area contributed by atoms with Crippen molar-refractivity contribution in [3.8, 4) is 0 Å². The molecule has 0 aliphatic heterocycles. The number of rotatable bonds is 8. The van der Waals surface area contributed by atoms with Crippen molar-refractivity contribution in [2.45, 2.75) is 51.5 Å². The Morgan fingerprint density at radius 2 is 2.00 bits per heavy atom. The van der Waals surface area contributed by atoms with Gasteiger partial charge in [0.05, 0.1) is 12.9 Å². The summed E-state index contributed by atoms with van der Waals surface area (Å²) in [6.07, 6.45) is 4.48. The molecule has 2 unspecified atom stereocenters. The number of nitrogens with zero attached hydrogens (tertiary/aromatic N) is 1. The van der Waals surface area contributed by atoms with Crippen LogP contribution < -0.4 is 5.73 Å². The molecule has 7 heteroatoms. The van der Waals surface area contributed by atoms with E-state index in [9.17, 15) is 13.2 Å². The third-order valence-corrected chi connectivity index (χ3v) is 6.27. The van der Waals surface area contributed by atoms with E-state index in [1.54, 1.807) is 4.31 Å². The third-order valence-electron chi connectivity index (χ3n) is 4.22. The van der Waals surface area contributed by atoms with Crippen LogP contribution in [0.25, 0.3) is 0 Å². The fraction of sp³-hybridized carbons (Fsp3) is 0.929. The Kier molecular flexibility index (Phi) is 7.62. The predicted octanol–water partition coefficient (Wildman–Crippen LogP) is 1.11. The molecule has 0 bridgehead atoms. The van der Waals surface area contributed by atoms with Crippen LogP contribution in [0.15, 0.2) is 0 Å². The van der Waals surface area contributed by atoms with Crippen molar-refractivity contribution in [1.82, 2.24) is 4.31 Å². The summed E-state index contributed by atoms with van der Waals surface area (Å²) in [5, 5.41) is 0. The van der Waals surface area contributed by atoms with Crippen molar-refractivity contribution in [2.24, 2.45) is 11.7 Å². The average Bonchev–Trinajstić information content (AvgIpc) is 2.47. The van der Waals surface area contributed by atoms with Gasteiger partial charge in [-0.2, -0.15) is 4.31 Å². The largest absolute Gasteiger partial charge is 0.469 e.